The molecular weight excluding hydrogens is 168 g/mol. The maximum atomic E-state index is 9.62. The normalized spacial score (nSPS) is 33.8. The van der Waals surface area contributed by atoms with E-state index in [4.69, 9.17) is 5.73 Å². The molecule has 0 unspecified atom stereocenters. The Morgan fingerprint density at radius 1 is 1.62 bits per heavy atom. The van der Waals surface area contributed by atoms with Crippen LogP contribution in [-0.4, -0.2) is 32.9 Å². The molecule has 0 aromatic carbocycles. The Morgan fingerprint density at radius 3 is 3.00 bits per heavy atom. The van der Waals surface area contributed by atoms with Crippen molar-refractivity contribution in [2.75, 3.05) is 6.54 Å². The van der Waals surface area contributed by atoms with E-state index >= 15 is 0 Å². The summed E-state index contributed by atoms with van der Waals surface area (Å²) in [6.07, 6.45) is 2.88. The molecular formula is C8H14N4O. The Bertz CT molecular complexity index is 261. The molecule has 1 aliphatic rings. The lowest BCUT2D eigenvalue weighted by Gasteiger charge is -2.09. The number of aromatic nitrogens is 3. The van der Waals surface area contributed by atoms with Crippen LogP contribution in [0, 0.1) is 5.92 Å². The summed E-state index contributed by atoms with van der Waals surface area (Å²) < 4.78 is 0. The van der Waals surface area contributed by atoms with Gasteiger partial charge in [-0.3, -0.25) is 5.10 Å². The van der Waals surface area contributed by atoms with Gasteiger partial charge in [0.25, 0.3) is 0 Å². The minimum absolute atomic E-state index is 0.218. The molecule has 3 atom stereocenters. The monoisotopic (exact) mass is 182 g/mol. The minimum Gasteiger partial charge on any atom is -0.393 e. The maximum Gasteiger partial charge on any atom is 0.137 e. The Morgan fingerprint density at radius 2 is 2.46 bits per heavy atom. The fourth-order valence-electron chi connectivity index (χ4n) is 1.99. The van der Waals surface area contributed by atoms with E-state index in [0.29, 0.717) is 12.5 Å². The fraction of sp³-hybridized carbons (Fsp3) is 0.750. The van der Waals surface area contributed by atoms with Gasteiger partial charge in [-0.05, 0) is 25.3 Å². The summed E-state index contributed by atoms with van der Waals surface area (Å²) in [7, 11) is 0. The van der Waals surface area contributed by atoms with Crippen molar-refractivity contribution in [2.45, 2.75) is 24.9 Å². The zero-order chi connectivity index (χ0) is 9.26. The summed E-state index contributed by atoms with van der Waals surface area (Å²) in [5, 5.41) is 16.2. The van der Waals surface area contributed by atoms with Crippen LogP contribution < -0.4 is 5.73 Å². The molecule has 0 saturated heterocycles. The molecule has 5 nitrogen and oxygen atoms in total. The third-order valence-electron chi connectivity index (χ3n) is 2.78. The predicted octanol–water partition coefficient (Wildman–Crippen LogP) is -0.382. The number of hydrogen-bond acceptors (Lipinski definition) is 4. The molecule has 0 radical (unpaired) electrons. The van der Waals surface area contributed by atoms with Crippen molar-refractivity contribution in [3.05, 3.63) is 12.2 Å². The lowest BCUT2D eigenvalue weighted by Crippen LogP contribution is -2.21. The highest BCUT2D eigenvalue weighted by atomic mass is 16.3. The van der Waals surface area contributed by atoms with E-state index < -0.39 is 0 Å². The van der Waals surface area contributed by atoms with Gasteiger partial charge in [0.1, 0.15) is 12.2 Å². The summed E-state index contributed by atoms with van der Waals surface area (Å²) in [5.41, 5.74) is 5.53. The van der Waals surface area contributed by atoms with E-state index in [1.165, 1.54) is 6.33 Å². The van der Waals surface area contributed by atoms with Gasteiger partial charge in [0.05, 0.1) is 6.10 Å². The van der Waals surface area contributed by atoms with E-state index in [9.17, 15) is 5.11 Å². The first-order valence-corrected chi connectivity index (χ1v) is 4.54. The molecule has 0 amide bonds. The van der Waals surface area contributed by atoms with Gasteiger partial charge in [-0.15, -0.1) is 0 Å². The van der Waals surface area contributed by atoms with Crippen molar-refractivity contribution in [3.63, 3.8) is 0 Å². The number of nitrogens with two attached hydrogens (primary N) is 1. The smallest absolute Gasteiger partial charge is 0.137 e. The Labute approximate surface area is 76.4 Å². The van der Waals surface area contributed by atoms with Crippen LogP contribution in [0.5, 0.6) is 0 Å². The molecule has 72 valence electrons. The van der Waals surface area contributed by atoms with Crippen LogP contribution in [-0.2, 0) is 0 Å². The van der Waals surface area contributed by atoms with Crippen molar-refractivity contribution in [2.24, 2.45) is 11.7 Å². The zero-order valence-electron chi connectivity index (χ0n) is 7.35. The fourth-order valence-corrected chi connectivity index (χ4v) is 1.99. The van der Waals surface area contributed by atoms with E-state index in [2.05, 4.69) is 15.2 Å². The molecule has 1 saturated carbocycles. The van der Waals surface area contributed by atoms with Crippen LogP contribution in [0.15, 0.2) is 6.33 Å². The van der Waals surface area contributed by atoms with Crippen LogP contribution in [0.1, 0.15) is 24.6 Å². The van der Waals surface area contributed by atoms with Gasteiger partial charge in [0.15, 0.2) is 0 Å². The largest absolute Gasteiger partial charge is 0.393 e. The summed E-state index contributed by atoms with van der Waals surface area (Å²) in [5.74, 6) is 1.39. The number of H-pyrrole nitrogens is 1. The molecule has 1 heterocycles. The van der Waals surface area contributed by atoms with Crippen molar-refractivity contribution < 1.29 is 5.11 Å². The molecule has 0 bridgehead atoms. The van der Waals surface area contributed by atoms with Crippen LogP contribution >= 0.6 is 0 Å². The molecule has 13 heavy (non-hydrogen) atoms. The van der Waals surface area contributed by atoms with Crippen LogP contribution in [0.2, 0.25) is 0 Å². The van der Waals surface area contributed by atoms with E-state index in [-0.39, 0.29) is 12.0 Å². The van der Waals surface area contributed by atoms with Gasteiger partial charge < -0.3 is 10.8 Å². The summed E-state index contributed by atoms with van der Waals surface area (Å²) in [6, 6.07) is 0. The topological polar surface area (TPSA) is 87.8 Å². The Balaban J connectivity index is 2.05. The Hall–Kier alpha value is -0.940. The van der Waals surface area contributed by atoms with Crippen molar-refractivity contribution >= 4 is 0 Å². The predicted molar refractivity (Wildman–Crippen MR) is 46.9 cm³/mol. The van der Waals surface area contributed by atoms with Crippen LogP contribution in [0.3, 0.4) is 0 Å². The summed E-state index contributed by atoms with van der Waals surface area (Å²) in [6.45, 7) is 0.547. The molecule has 4 N–H and O–H groups in total. The SMILES string of the molecule is NC[C@@H]1C[C@H](c2ncn[nH]2)C[C@H]1O. The van der Waals surface area contributed by atoms with Crippen molar-refractivity contribution in [3.8, 4) is 0 Å². The van der Waals surface area contributed by atoms with E-state index in [1.54, 1.807) is 0 Å². The molecule has 1 aromatic rings. The average molecular weight is 182 g/mol. The second kappa shape index (κ2) is 3.43. The molecule has 2 rings (SSSR count). The maximum absolute atomic E-state index is 9.62. The average Bonchev–Trinajstić information content (AvgIpc) is 2.71. The van der Waals surface area contributed by atoms with Gasteiger partial charge in [-0.1, -0.05) is 0 Å². The van der Waals surface area contributed by atoms with E-state index in [0.717, 1.165) is 18.7 Å². The number of rotatable bonds is 2. The number of aliphatic hydroxyl groups is 1. The van der Waals surface area contributed by atoms with Crippen molar-refractivity contribution in [1.29, 1.82) is 0 Å². The second-order valence-electron chi connectivity index (χ2n) is 3.60. The summed E-state index contributed by atoms with van der Waals surface area (Å²) >= 11 is 0. The number of aromatic amines is 1. The first-order chi connectivity index (χ1) is 6.31. The highest BCUT2D eigenvalue weighted by molar-refractivity contribution is 5.00. The molecule has 5 heteroatoms. The second-order valence-corrected chi connectivity index (χ2v) is 3.60. The lowest BCUT2D eigenvalue weighted by atomic mass is 10.0. The lowest BCUT2D eigenvalue weighted by molar-refractivity contribution is 0.136. The van der Waals surface area contributed by atoms with Crippen LogP contribution in [0.25, 0.3) is 0 Å². The summed E-state index contributed by atoms with van der Waals surface area (Å²) in [4.78, 5) is 4.08. The highest BCUT2D eigenvalue weighted by Crippen LogP contribution is 2.36. The van der Waals surface area contributed by atoms with Crippen molar-refractivity contribution in [1.82, 2.24) is 15.2 Å². The van der Waals surface area contributed by atoms with Gasteiger partial charge >= 0.3 is 0 Å². The van der Waals surface area contributed by atoms with Gasteiger partial charge in [-0.2, -0.15) is 5.10 Å². The van der Waals surface area contributed by atoms with Crippen LogP contribution in [0.4, 0.5) is 0 Å². The number of aliphatic hydroxyl groups excluding tert-OH is 1. The third-order valence-corrected chi connectivity index (χ3v) is 2.78. The Kier molecular flexibility index (Phi) is 2.28. The third kappa shape index (κ3) is 1.57. The molecule has 1 aliphatic carbocycles. The molecule has 1 fully saturated rings. The first kappa shape index (κ1) is 8.65. The quantitative estimate of drug-likeness (QED) is 0.581. The highest BCUT2D eigenvalue weighted by Gasteiger charge is 2.34. The van der Waals surface area contributed by atoms with Gasteiger partial charge in [-0.25, -0.2) is 4.98 Å². The standard InChI is InChI=1S/C8H14N4O/c9-3-6-1-5(2-7(6)13)8-10-4-11-12-8/h4-7,13H,1-3,9H2,(H,10,11,12)/t5-,6-,7+/m0/s1. The van der Waals surface area contributed by atoms with Gasteiger partial charge in [0.2, 0.25) is 0 Å². The zero-order valence-corrected chi connectivity index (χ0v) is 7.35. The number of hydrogen-bond donors (Lipinski definition) is 3. The van der Waals surface area contributed by atoms with Gasteiger partial charge in [0, 0.05) is 5.92 Å². The molecule has 0 aliphatic heterocycles. The van der Waals surface area contributed by atoms with E-state index in [1.807, 2.05) is 0 Å². The number of nitrogens with one attached hydrogen (secondary N) is 1. The first-order valence-electron chi connectivity index (χ1n) is 4.54. The minimum atomic E-state index is -0.278. The molecule has 0 spiro atoms. The molecule has 1 aromatic heterocycles. The number of nitrogens with zero attached hydrogens (tertiary/aromatic N) is 2.